The third-order valence-corrected chi connectivity index (χ3v) is 3.08. The van der Waals surface area contributed by atoms with Gasteiger partial charge in [-0.3, -0.25) is 4.98 Å². The van der Waals surface area contributed by atoms with Crippen LogP contribution in [0.4, 0.5) is 0 Å². The molecule has 0 unspecified atom stereocenters. The molecule has 0 aromatic carbocycles. The highest BCUT2D eigenvalue weighted by atomic mass is 79.9. The Labute approximate surface area is 80.5 Å². The monoisotopic (exact) mass is 226 g/mol. The molecular formula is C9H11BrN2. The van der Waals surface area contributed by atoms with Crippen molar-refractivity contribution in [2.24, 2.45) is 0 Å². The molecule has 1 N–H and O–H groups in total. The van der Waals surface area contributed by atoms with Crippen LogP contribution in [0.25, 0.3) is 0 Å². The van der Waals surface area contributed by atoms with Gasteiger partial charge in [0, 0.05) is 10.7 Å². The highest BCUT2D eigenvalue weighted by Gasteiger charge is 2.45. The van der Waals surface area contributed by atoms with Gasteiger partial charge < -0.3 is 5.32 Å². The topological polar surface area (TPSA) is 24.9 Å². The molecule has 1 aromatic rings. The lowest BCUT2D eigenvalue weighted by Crippen LogP contribution is -2.26. The average molecular weight is 227 g/mol. The quantitative estimate of drug-likeness (QED) is 0.836. The largest absolute Gasteiger partial charge is 0.309 e. The molecule has 64 valence electrons. The van der Waals surface area contributed by atoms with Crippen LogP contribution in [0.5, 0.6) is 0 Å². The first-order valence-corrected chi connectivity index (χ1v) is 4.88. The molecule has 2 nitrogen and oxygen atoms in total. The maximum absolute atomic E-state index is 4.37. The number of aromatic nitrogens is 1. The van der Waals surface area contributed by atoms with Crippen LogP contribution < -0.4 is 5.32 Å². The van der Waals surface area contributed by atoms with Crippen molar-refractivity contribution in [2.45, 2.75) is 18.4 Å². The summed E-state index contributed by atoms with van der Waals surface area (Å²) in [6.07, 6.45) is 4.23. The Balaban J connectivity index is 2.40. The van der Waals surface area contributed by atoms with Crippen molar-refractivity contribution >= 4 is 15.9 Å². The molecule has 1 saturated carbocycles. The number of rotatable bonds is 2. The summed E-state index contributed by atoms with van der Waals surface area (Å²) < 4.78 is 1.11. The van der Waals surface area contributed by atoms with Gasteiger partial charge in [-0.15, -0.1) is 0 Å². The molecule has 1 aliphatic rings. The SMILES string of the molecule is CNC1(c2ncccc2Br)CC1. The lowest BCUT2D eigenvalue weighted by molar-refractivity contribution is 0.564. The number of nitrogens with zero attached hydrogens (tertiary/aromatic N) is 1. The summed E-state index contributed by atoms with van der Waals surface area (Å²) in [4.78, 5) is 4.37. The fourth-order valence-electron chi connectivity index (χ4n) is 1.47. The molecule has 0 radical (unpaired) electrons. The molecule has 2 rings (SSSR count). The average Bonchev–Trinajstić information content (AvgIpc) is 2.86. The Morgan fingerprint density at radius 2 is 2.33 bits per heavy atom. The number of halogens is 1. The van der Waals surface area contributed by atoms with E-state index in [0.29, 0.717) is 0 Å². The smallest absolute Gasteiger partial charge is 0.0746 e. The Morgan fingerprint density at radius 1 is 1.58 bits per heavy atom. The maximum Gasteiger partial charge on any atom is 0.0746 e. The van der Waals surface area contributed by atoms with Gasteiger partial charge in [-0.1, -0.05) is 0 Å². The van der Waals surface area contributed by atoms with E-state index in [1.807, 2.05) is 25.4 Å². The van der Waals surface area contributed by atoms with E-state index >= 15 is 0 Å². The van der Waals surface area contributed by atoms with Gasteiger partial charge in [-0.25, -0.2) is 0 Å². The van der Waals surface area contributed by atoms with Crippen LogP contribution in [-0.4, -0.2) is 12.0 Å². The van der Waals surface area contributed by atoms with Crippen molar-refractivity contribution in [2.75, 3.05) is 7.05 Å². The Bertz CT molecular complexity index is 294. The van der Waals surface area contributed by atoms with E-state index in [2.05, 4.69) is 26.2 Å². The molecule has 0 bridgehead atoms. The van der Waals surface area contributed by atoms with E-state index in [0.717, 1.165) is 10.2 Å². The summed E-state index contributed by atoms with van der Waals surface area (Å²) in [6.45, 7) is 0. The number of hydrogen-bond acceptors (Lipinski definition) is 2. The zero-order valence-electron chi connectivity index (χ0n) is 6.97. The van der Waals surface area contributed by atoms with Crippen LogP contribution in [0.3, 0.4) is 0 Å². The molecule has 3 heteroatoms. The number of hydrogen-bond donors (Lipinski definition) is 1. The number of nitrogens with one attached hydrogen (secondary N) is 1. The predicted octanol–water partition coefficient (Wildman–Crippen LogP) is 2.05. The third-order valence-electron chi connectivity index (χ3n) is 2.44. The molecule has 0 saturated heterocycles. The van der Waals surface area contributed by atoms with E-state index in [9.17, 15) is 0 Å². The van der Waals surface area contributed by atoms with Gasteiger partial charge in [-0.2, -0.15) is 0 Å². The Hall–Kier alpha value is -0.410. The first-order valence-electron chi connectivity index (χ1n) is 4.08. The van der Waals surface area contributed by atoms with Gasteiger partial charge in [0.1, 0.15) is 0 Å². The second-order valence-electron chi connectivity index (χ2n) is 3.17. The van der Waals surface area contributed by atoms with Crippen molar-refractivity contribution in [3.05, 3.63) is 28.5 Å². The molecule has 1 fully saturated rings. The van der Waals surface area contributed by atoms with Gasteiger partial charge >= 0.3 is 0 Å². The van der Waals surface area contributed by atoms with Crippen molar-refractivity contribution in [1.82, 2.24) is 10.3 Å². The summed E-state index contributed by atoms with van der Waals surface area (Å²) in [6, 6.07) is 3.99. The molecule has 1 aromatic heterocycles. The fraction of sp³-hybridized carbons (Fsp3) is 0.444. The second-order valence-corrected chi connectivity index (χ2v) is 4.02. The predicted molar refractivity (Wildman–Crippen MR) is 51.9 cm³/mol. The van der Waals surface area contributed by atoms with E-state index in [4.69, 9.17) is 0 Å². The summed E-state index contributed by atoms with van der Waals surface area (Å²) >= 11 is 3.51. The van der Waals surface area contributed by atoms with Crippen LogP contribution in [-0.2, 0) is 5.54 Å². The van der Waals surface area contributed by atoms with Crippen molar-refractivity contribution in [3.63, 3.8) is 0 Å². The summed E-state index contributed by atoms with van der Waals surface area (Å²) in [5, 5.41) is 3.32. The lowest BCUT2D eigenvalue weighted by Gasteiger charge is -2.14. The molecule has 1 heterocycles. The van der Waals surface area contributed by atoms with Gasteiger partial charge in [0.15, 0.2) is 0 Å². The second kappa shape index (κ2) is 2.82. The Kier molecular flexibility index (Phi) is 1.93. The van der Waals surface area contributed by atoms with Crippen LogP contribution in [0, 0.1) is 0 Å². The van der Waals surface area contributed by atoms with Crippen LogP contribution in [0.2, 0.25) is 0 Å². The maximum atomic E-state index is 4.37. The van der Waals surface area contributed by atoms with Crippen LogP contribution in [0.15, 0.2) is 22.8 Å². The van der Waals surface area contributed by atoms with Crippen LogP contribution in [0.1, 0.15) is 18.5 Å². The minimum absolute atomic E-state index is 0.167. The number of pyridine rings is 1. The molecular weight excluding hydrogens is 216 g/mol. The van der Waals surface area contributed by atoms with Gasteiger partial charge in [0.05, 0.1) is 11.2 Å². The summed E-state index contributed by atoms with van der Waals surface area (Å²) in [5.74, 6) is 0. The minimum atomic E-state index is 0.167. The van der Waals surface area contributed by atoms with E-state index < -0.39 is 0 Å². The van der Waals surface area contributed by atoms with E-state index in [-0.39, 0.29) is 5.54 Å². The minimum Gasteiger partial charge on any atom is -0.309 e. The van der Waals surface area contributed by atoms with Crippen molar-refractivity contribution < 1.29 is 0 Å². The normalized spacial score (nSPS) is 19.2. The molecule has 12 heavy (non-hydrogen) atoms. The van der Waals surface area contributed by atoms with Gasteiger partial charge in [-0.05, 0) is 48.0 Å². The summed E-state index contributed by atoms with van der Waals surface area (Å²) in [5.41, 5.74) is 1.31. The first kappa shape index (κ1) is 8.20. The van der Waals surface area contributed by atoms with Crippen LogP contribution >= 0.6 is 15.9 Å². The highest BCUT2D eigenvalue weighted by Crippen LogP contribution is 2.46. The zero-order valence-corrected chi connectivity index (χ0v) is 8.56. The lowest BCUT2D eigenvalue weighted by atomic mass is 10.1. The van der Waals surface area contributed by atoms with Gasteiger partial charge in [0.2, 0.25) is 0 Å². The molecule has 0 aliphatic heterocycles. The summed E-state index contributed by atoms with van der Waals surface area (Å²) in [7, 11) is 1.99. The molecule has 0 spiro atoms. The highest BCUT2D eigenvalue weighted by molar-refractivity contribution is 9.10. The molecule has 0 amide bonds. The standard InChI is InChI=1S/C9H11BrN2/c1-11-9(4-5-9)8-7(10)3-2-6-12-8/h2-3,6,11H,4-5H2,1H3. The van der Waals surface area contributed by atoms with Crippen molar-refractivity contribution in [1.29, 1.82) is 0 Å². The molecule has 0 atom stereocenters. The Morgan fingerprint density at radius 3 is 2.83 bits per heavy atom. The fourth-order valence-corrected chi connectivity index (χ4v) is 2.10. The zero-order chi connectivity index (χ0) is 8.60. The third kappa shape index (κ3) is 1.17. The van der Waals surface area contributed by atoms with E-state index in [1.165, 1.54) is 12.8 Å². The van der Waals surface area contributed by atoms with Crippen molar-refractivity contribution in [3.8, 4) is 0 Å². The van der Waals surface area contributed by atoms with E-state index in [1.54, 1.807) is 0 Å². The first-order chi connectivity index (χ1) is 5.78. The van der Waals surface area contributed by atoms with Gasteiger partial charge in [0.25, 0.3) is 0 Å². The molecule has 1 aliphatic carbocycles.